The van der Waals surface area contributed by atoms with Crippen molar-refractivity contribution in [3.8, 4) is 45.5 Å². The molecule has 0 fully saturated rings. The minimum Gasteiger partial charge on any atom is -0.454 e. The number of aromatic nitrogens is 5. The molecule has 0 N–H and O–H groups in total. The molecule has 4 aromatic heterocycles. The molecule has 0 bridgehead atoms. The molecule has 8 aromatic carbocycles. The highest BCUT2D eigenvalue weighted by atomic mass is 16.3. The van der Waals surface area contributed by atoms with Gasteiger partial charge in [0.15, 0.2) is 17.2 Å². The smallest absolute Gasteiger partial charge is 0.238 e. The lowest BCUT2D eigenvalue weighted by Gasteiger charge is -2.19. The van der Waals surface area contributed by atoms with Gasteiger partial charge in [0, 0.05) is 37.9 Å². The first-order valence-electron chi connectivity index (χ1n) is 24.6. The van der Waals surface area contributed by atoms with Gasteiger partial charge in [-0.1, -0.05) is 151 Å². The van der Waals surface area contributed by atoms with Gasteiger partial charge in [-0.15, -0.1) is 0 Å². The van der Waals surface area contributed by atoms with Crippen LogP contribution in [0.2, 0.25) is 0 Å². The van der Waals surface area contributed by atoms with Crippen LogP contribution in [0.25, 0.3) is 111 Å². The molecule has 0 aliphatic carbocycles. The van der Waals surface area contributed by atoms with E-state index in [-0.39, 0.29) is 27.6 Å². The SMILES string of the molecule is [2H]c1c([2H])c([2H])c(-c2nc(-c3c(-c4ccccc4)cc4c(oc5ccccc54)c3-n3c4ccccc4c4ccccc43)nc(-n3c4c([2H])c([2H])c([2H])c([2H])c4c4c([2H])c([2H])c([2H])c([2H])c43)n2)c([2H])c1[2H]. The van der Waals surface area contributed by atoms with Crippen LogP contribution in [0.1, 0.15) is 17.8 Å². The Morgan fingerprint density at radius 1 is 0.439 bits per heavy atom. The first-order chi connectivity index (χ1) is 33.7. The lowest BCUT2D eigenvalue weighted by molar-refractivity contribution is 0.666. The van der Waals surface area contributed by atoms with Gasteiger partial charge in [-0.3, -0.25) is 4.57 Å². The number of fused-ring (bicyclic) bond motifs is 9. The van der Waals surface area contributed by atoms with Gasteiger partial charge in [0.2, 0.25) is 5.95 Å². The lowest BCUT2D eigenvalue weighted by Crippen LogP contribution is -2.09. The second-order valence-corrected chi connectivity index (χ2v) is 13.4. The molecule has 0 radical (unpaired) electrons. The predicted molar refractivity (Wildman–Crippen MR) is 232 cm³/mol. The molecule has 57 heavy (non-hydrogen) atoms. The summed E-state index contributed by atoms with van der Waals surface area (Å²) in [5.74, 6) is -1.04. The van der Waals surface area contributed by atoms with E-state index < -0.39 is 95.9 Å². The van der Waals surface area contributed by atoms with Gasteiger partial charge < -0.3 is 8.98 Å². The Hall–Kier alpha value is -7.83. The third-order valence-corrected chi connectivity index (χ3v) is 10.3. The molecule has 12 rings (SSSR count). The molecule has 0 aliphatic rings. The maximum absolute atomic E-state index is 9.31. The van der Waals surface area contributed by atoms with E-state index in [9.17, 15) is 2.74 Å². The predicted octanol–water partition coefficient (Wildman–Crippen LogP) is 13.0. The number of para-hydroxylation sites is 5. The summed E-state index contributed by atoms with van der Waals surface area (Å²) in [5, 5.41) is 2.86. The van der Waals surface area contributed by atoms with E-state index >= 15 is 0 Å². The highest BCUT2D eigenvalue weighted by Crippen LogP contribution is 2.47. The maximum Gasteiger partial charge on any atom is 0.238 e. The summed E-state index contributed by atoms with van der Waals surface area (Å²) < 4.78 is 126. The van der Waals surface area contributed by atoms with Gasteiger partial charge in [-0.2, -0.15) is 9.97 Å². The van der Waals surface area contributed by atoms with Crippen LogP contribution >= 0.6 is 0 Å². The quantitative estimate of drug-likeness (QED) is 0.176. The van der Waals surface area contributed by atoms with Gasteiger partial charge in [0.1, 0.15) is 11.3 Å². The molecule has 0 spiro atoms. The van der Waals surface area contributed by atoms with Crippen molar-refractivity contribution < 1.29 is 22.2 Å². The molecular weight excluding hydrogens is 699 g/mol. The van der Waals surface area contributed by atoms with Crippen LogP contribution in [0.15, 0.2) is 192 Å². The van der Waals surface area contributed by atoms with Crippen molar-refractivity contribution in [1.82, 2.24) is 24.1 Å². The van der Waals surface area contributed by atoms with Crippen LogP contribution in [0.5, 0.6) is 0 Å². The molecule has 0 saturated carbocycles. The summed E-state index contributed by atoms with van der Waals surface area (Å²) in [7, 11) is 0. The first kappa shape index (κ1) is 21.3. The second-order valence-electron chi connectivity index (χ2n) is 13.4. The van der Waals surface area contributed by atoms with E-state index in [1.165, 1.54) is 0 Å². The third kappa shape index (κ3) is 4.74. The monoisotopic (exact) mass is 742 g/mol. The summed E-state index contributed by atoms with van der Waals surface area (Å²) in [4.78, 5) is 15.0. The summed E-state index contributed by atoms with van der Waals surface area (Å²) >= 11 is 0. The van der Waals surface area contributed by atoms with E-state index in [1.807, 2.05) is 114 Å². The van der Waals surface area contributed by atoms with Crippen LogP contribution in [0.4, 0.5) is 0 Å². The number of rotatable bonds is 5. The lowest BCUT2D eigenvalue weighted by atomic mass is 9.94. The van der Waals surface area contributed by atoms with E-state index in [1.54, 1.807) is 0 Å². The Bertz CT molecular complexity index is 4140. The van der Waals surface area contributed by atoms with E-state index in [4.69, 9.17) is 34.4 Å². The molecular formula is C51H31N5O. The maximum atomic E-state index is 9.31. The summed E-state index contributed by atoms with van der Waals surface area (Å²) in [6.07, 6.45) is 0. The van der Waals surface area contributed by atoms with Crippen molar-refractivity contribution in [3.05, 3.63) is 188 Å². The van der Waals surface area contributed by atoms with Crippen molar-refractivity contribution in [2.24, 2.45) is 0 Å². The normalized spacial score (nSPS) is 15.1. The number of benzene rings is 8. The molecule has 6 heteroatoms. The third-order valence-electron chi connectivity index (χ3n) is 10.3. The average Bonchev–Trinajstić information content (AvgIpc) is 4.05. The molecule has 0 aliphatic heterocycles. The van der Waals surface area contributed by atoms with Crippen LogP contribution in [0, 0.1) is 0 Å². The molecule has 0 unspecified atom stereocenters. The summed E-state index contributed by atoms with van der Waals surface area (Å²) in [6, 6.07) is 26.2. The highest BCUT2D eigenvalue weighted by Gasteiger charge is 2.28. The summed E-state index contributed by atoms with van der Waals surface area (Å²) in [6.45, 7) is 0. The van der Waals surface area contributed by atoms with Crippen LogP contribution < -0.4 is 0 Å². The minimum absolute atomic E-state index is 0.151. The minimum atomic E-state index is -0.681. The van der Waals surface area contributed by atoms with Gasteiger partial charge >= 0.3 is 0 Å². The van der Waals surface area contributed by atoms with Gasteiger partial charge in [0.05, 0.1) is 45.5 Å². The fourth-order valence-electron chi connectivity index (χ4n) is 7.96. The van der Waals surface area contributed by atoms with Crippen molar-refractivity contribution >= 4 is 65.6 Å². The van der Waals surface area contributed by atoms with Gasteiger partial charge in [0.25, 0.3) is 0 Å². The zero-order chi connectivity index (χ0) is 48.8. The van der Waals surface area contributed by atoms with Crippen LogP contribution in [-0.2, 0) is 0 Å². The largest absolute Gasteiger partial charge is 0.454 e. The van der Waals surface area contributed by atoms with Crippen molar-refractivity contribution in [1.29, 1.82) is 0 Å². The Morgan fingerprint density at radius 2 is 1.02 bits per heavy atom. The molecule has 266 valence electrons. The van der Waals surface area contributed by atoms with E-state index in [0.717, 1.165) is 37.1 Å². The first-order valence-corrected chi connectivity index (χ1v) is 18.1. The van der Waals surface area contributed by atoms with Gasteiger partial charge in [-0.05, 0) is 47.5 Å². The van der Waals surface area contributed by atoms with E-state index in [2.05, 4.69) is 0 Å². The fraction of sp³-hybridized carbons (Fsp3) is 0. The van der Waals surface area contributed by atoms with E-state index in [0.29, 0.717) is 33.5 Å². The Balaban J connectivity index is 1.36. The zero-order valence-electron chi connectivity index (χ0n) is 42.5. The summed E-state index contributed by atoms with van der Waals surface area (Å²) in [5.41, 5.74) is 3.51. The van der Waals surface area contributed by atoms with Crippen molar-refractivity contribution in [2.75, 3.05) is 0 Å². The molecule has 0 amide bonds. The number of hydrogen-bond acceptors (Lipinski definition) is 4. The van der Waals surface area contributed by atoms with Gasteiger partial charge in [-0.25, -0.2) is 4.98 Å². The highest BCUT2D eigenvalue weighted by molar-refractivity contribution is 6.17. The molecule has 0 atom stereocenters. The Kier molecular flexibility index (Phi) is 4.62. The molecule has 4 heterocycles. The standard InChI is InChI=1S/C51H31N5O/c1-3-17-32(18-4-1)39-31-40-38-25-11-16-30-45(38)57-48(40)47(55-41-26-12-7-21-34(41)35-22-8-13-27-42(35)55)46(39)50-52-49(33-19-5-2-6-20-33)53-51(54-50)56-43-28-14-9-23-36(43)37-24-10-15-29-44(37)56/h1-31H/i2D,5D,6D,9D,10D,14D,15D,19D,20D,23D,24D,28D,29D. The molecule has 6 nitrogen and oxygen atoms in total. The molecule has 0 saturated heterocycles. The second kappa shape index (κ2) is 12.3. The topological polar surface area (TPSA) is 61.7 Å². The number of nitrogens with zero attached hydrogens (tertiary/aromatic N) is 5. The van der Waals surface area contributed by atoms with Crippen molar-refractivity contribution in [3.63, 3.8) is 0 Å². The number of hydrogen-bond donors (Lipinski definition) is 0. The van der Waals surface area contributed by atoms with Crippen LogP contribution in [0.3, 0.4) is 0 Å². The average molecular weight is 743 g/mol. The molecule has 12 aromatic rings. The fourth-order valence-corrected chi connectivity index (χ4v) is 7.96. The number of furan rings is 1. The van der Waals surface area contributed by atoms with Crippen molar-refractivity contribution in [2.45, 2.75) is 0 Å². The Morgan fingerprint density at radius 3 is 1.72 bits per heavy atom. The zero-order valence-corrected chi connectivity index (χ0v) is 29.5. The Labute approximate surface area is 344 Å². The van der Waals surface area contributed by atoms with Crippen LogP contribution in [-0.4, -0.2) is 24.1 Å².